The quantitative estimate of drug-likeness (QED) is 0.781. The number of hydrogen-bond acceptors (Lipinski definition) is 3. The van der Waals surface area contributed by atoms with Gasteiger partial charge in [0.15, 0.2) is 0 Å². The predicted molar refractivity (Wildman–Crippen MR) is 94.9 cm³/mol. The van der Waals surface area contributed by atoms with Gasteiger partial charge in [-0.1, -0.05) is 56.3 Å². The first-order valence-corrected chi connectivity index (χ1v) is 8.22. The van der Waals surface area contributed by atoms with Gasteiger partial charge in [0, 0.05) is 13.1 Å². The monoisotopic (exact) mass is 313 g/mol. The van der Waals surface area contributed by atoms with Crippen LogP contribution in [-0.4, -0.2) is 24.4 Å². The number of hydrogen-bond donors (Lipinski definition) is 2. The van der Waals surface area contributed by atoms with Crippen molar-refractivity contribution in [1.82, 2.24) is 5.32 Å². The molecule has 0 fully saturated rings. The third-order valence-corrected chi connectivity index (χ3v) is 3.77. The molecule has 0 unspecified atom stereocenters. The maximum absolute atomic E-state index is 10.1. The Morgan fingerprint density at radius 2 is 1.83 bits per heavy atom. The summed E-state index contributed by atoms with van der Waals surface area (Å²) >= 11 is 0. The number of aryl methyl sites for hydroxylation is 1. The molecular formula is C20H27NO2. The number of ether oxygens (including phenoxy) is 1. The SMILES string of the molecule is Cc1ccc(C(C)C)c(OC[C@@H](O)CNCc2ccccc2)c1. The Morgan fingerprint density at radius 1 is 1.09 bits per heavy atom. The van der Waals surface area contributed by atoms with E-state index in [9.17, 15) is 5.11 Å². The van der Waals surface area contributed by atoms with Crippen LogP contribution in [0.5, 0.6) is 5.75 Å². The van der Waals surface area contributed by atoms with Gasteiger partial charge in [0.05, 0.1) is 0 Å². The average molecular weight is 313 g/mol. The van der Waals surface area contributed by atoms with Crippen LogP contribution in [0.1, 0.15) is 36.5 Å². The molecule has 2 aromatic carbocycles. The zero-order chi connectivity index (χ0) is 16.7. The summed E-state index contributed by atoms with van der Waals surface area (Å²) in [5.74, 6) is 1.28. The van der Waals surface area contributed by atoms with E-state index >= 15 is 0 Å². The molecule has 0 aromatic heterocycles. The zero-order valence-electron chi connectivity index (χ0n) is 14.3. The fraction of sp³-hybridized carbons (Fsp3) is 0.400. The van der Waals surface area contributed by atoms with E-state index in [2.05, 4.69) is 50.4 Å². The summed E-state index contributed by atoms with van der Waals surface area (Å²) < 4.78 is 5.85. The van der Waals surface area contributed by atoms with Crippen LogP contribution in [0.2, 0.25) is 0 Å². The third kappa shape index (κ3) is 5.70. The van der Waals surface area contributed by atoms with E-state index in [0.717, 1.165) is 12.3 Å². The van der Waals surface area contributed by atoms with Crippen LogP contribution < -0.4 is 10.1 Å². The second-order valence-corrected chi connectivity index (χ2v) is 6.28. The molecule has 2 aromatic rings. The van der Waals surface area contributed by atoms with Crippen molar-refractivity contribution in [3.8, 4) is 5.75 Å². The Labute approximate surface area is 139 Å². The molecule has 2 N–H and O–H groups in total. The van der Waals surface area contributed by atoms with Gasteiger partial charge in [0.25, 0.3) is 0 Å². The van der Waals surface area contributed by atoms with Gasteiger partial charge in [0.2, 0.25) is 0 Å². The predicted octanol–water partition coefficient (Wildman–Crippen LogP) is 3.65. The van der Waals surface area contributed by atoms with Crippen LogP contribution in [0, 0.1) is 6.92 Å². The van der Waals surface area contributed by atoms with Gasteiger partial charge in [-0.15, -0.1) is 0 Å². The minimum absolute atomic E-state index is 0.297. The summed E-state index contributed by atoms with van der Waals surface area (Å²) in [5.41, 5.74) is 3.56. The smallest absolute Gasteiger partial charge is 0.123 e. The molecule has 0 aliphatic carbocycles. The molecular weight excluding hydrogens is 286 g/mol. The number of aliphatic hydroxyl groups excluding tert-OH is 1. The molecule has 0 spiro atoms. The van der Waals surface area contributed by atoms with Gasteiger partial charge in [0.1, 0.15) is 18.5 Å². The Balaban J connectivity index is 1.80. The lowest BCUT2D eigenvalue weighted by Crippen LogP contribution is -2.31. The normalized spacial score (nSPS) is 12.4. The number of rotatable bonds is 8. The summed E-state index contributed by atoms with van der Waals surface area (Å²) in [4.78, 5) is 0. The van der Waals surface area contributed by atoms with Gasteiger partial charge in [-0.3, -0.25) is 0 Å². The van der Waals surface area contributed by atoms with Crippen LogP contribution in [-0.2, 0) is 6.54 Å². The maximum atomic E-state index is 10.1. The van der Waals surface area contributed by atoms with Crippen molar-refractivity contribution in [2.45, 2.75) is 39.3 Å². The van der Waals surface area contributed by atoms with E-state index < -0.39 is 6.10 Å². The van der Waals surface area contributed by atoms with E-state index in [1.54, 1.807) is 0 Å². The van der Waals surface area contributed by atoms with Gasteiger partial charge in [-0.05, 0) is 35.6 Å². The second-order valence-electron chi connectivity index (χ2n) is 6.28. The standard InChI is InChI=1S/C20H27NO2/c1-15(2)19-10-9-16(3)11-20(19)23-14-18(22)13-21-12-17-7-5-4-6-8-17/h4-11,15,18,21-22H,12-14H2,1-3H3/t18-/m0/s1. The summed E-state index contributed by atoms with van der Waals surface area (Å²) in [7, 11) is 0. The molecule has 0 bridgehead atoms. The largest absolute Gasteiger partial charge is 0.491 e. The first-order chi connectivity index (χ1) is 11.1. The molecule has 2 rings (SSSR count). The minimum atomic E-state index is -0.528. The molecule has 0 saturated carbocycles. The minimum Gasteiger partial charge on any atom is -0.491 e. The van der Waals surface area contributed by atoms with Crippen molar-refractivity contribution < 1.29 is 9.84 Å². The first kappa shape index (κ1) is 17.5. The number of nitrogens with one attached hydrogen (secondary N) is 1. The lowest BCUT2D eigenvalue weighted by Gasteiger charge is -2.17. The fourth-order valence-corrected chi connectivity index (χ4v) is 2.47. The number of aliphatic hydroxyl groups is 1. The molecule has 3 heteroatoms. The van der Waals surface area contributed by atoms with Gasteiger partial charge in [-0.25, -0.2) is 0 Å². The molecule has 0 amide bonds. The van der Waals surface area contributed by atoms with Crippen molar-refractivity contribution >= 4 is 0 Å². The van der Waals surface area contributed by atoms with E-state index in [4.69, 9.17) is 4.74 Å². The molecule has 124 valence electrons. The Hall–Kier alpha value is -1.84. The van der Waals surface area contributed by atoms with Crippen LogP contribution in [0.15, 0.2) is 48.5 Å². The molecule has 0 aliphatic heterocycles. The van der Waals surface area contributed by atoms with Crippen molar-refractivity contribution in [2.75, 3.05) is 13.2 Å². The van der Waals surface area contributed by atoms with Crippen LogP contribution >= 0.6 is 0 Å². The first-order valence-electron chi connectivity index (χ1n) is 8.22. The van der Waals surface area contributed by atoms with Crippen molar-refractivity contribution in [1.29, 1.82) is 0 Å². The molecule has 0 aliphatic rings. The van der Waals surface area contributed by atoms with Crippen molar-refractivity contribution in [2.24, 2.45) is 0 Å². The lowest BCUT2D eigenvalue weighted by atomic mass is 10.0. The second kappa shape index (κ2) is 8.70. The van der Waals surface area contributed by atoms with E-state index in [0.29, 0.717) is 19.1 Å². The Bertz CT molecular complexity index is 596. The molecule has 1 atom stereocenters. The summed E-state index contributed by atoms with van der Waals surface area (Å²) in [6.07, 6.45) is -0.528. The van der Waals surface area contributed by atoms with Crippen LogP contribution in [0.3, 0.4) is 0 Å². The molecule has 23 heavy (non-hydrogen) atoms. The van der Waals surface area contributed by atoms with Gasteiger partial charge >= 0.3 is 0 Å². The highest BCUT2D eigenvalue weighted by molar-refractivity contribution is 5.39. The van der Waals surface area contributed by atoms with Crippen molar-refractivity contribution in [3.63, 3.8) is 0 Å². The third-order valence-electron chi connectivity index (χ3n) is 3.77. The fourth-order valence-electron chi connectivity index (χ4n) is 2.47. The summed E-state index contributed by atoms with van der Waals surface area (Å²) in [5, 5.41) is 13.4. The number of benzene rings is 2. The maximum Gasteiger partial charge on any atom is 0.123 e. The highest BCUT2D eigenvalue weighted by atomic mass is 16.5. The topological polar surface area (TPSA) is 41.5 Å². The summed E-state index contributed by atoms with van der Waals surface area (Å²) in [6, 6.07) is 16.4. The molecule has 0 radical (unpaired) electrons. The Morgan fingerprint density at radius 3 is 2.52 bits per heavy atom. The molecule has 0 saturated heterocycles. The Kier molecular flexibility index (Phi) is 6.63. The van der Waals surface area contributed by atoms with Crippen LogP contribution in [0.4, 0.5) is 0 Å². The molecule has 3 nitrogen and oxygen atoms in total. The zero-order valence-corrected chi connectivity index (χ0v) is 14.3. The highest BCUT2D eigenvalue weighted by Crippen LogP contribution is 2.27. The lowest BCUT2D eigenvalue weighted by molar-refractivity contribution is 0.105. The van der Waals surface area contributed by atoms with Gasteiger partial charge < -0.3 is 15.2 Å². The summed E-state index contributed by atoms with van der Waals surface area (Å²) in [6.45, 7) is 7.90. The van der Waals surface area contributed by atoms with Crippen molar-refractivity contribution in [3.05, 3.63) is 65.2 Å². The van der Waals surface area contributed by atoms with E-state index in [-0.39, 0.29) is 0 Å². The van der Waals surface area contributed by atoms with Gasteiger partial charge in [-0.2, -0.15) is 0 Å². The molecule has 0 heterocycles. The van der Waals surface area contributed by atoms with Crippen LogP contribution in [0.25, 0.3) is 0 Å². The van der Waals surface area contributed by atoms with E-state index in [1.807, 2.05) is 24.3 Å². The highest BCUT2D eigenvalue weighted by Gasteiger charge is 2.10. The van der Waals surface area contributed by atoms with E-state index in [1.165, 1.54) is 16.7 Å². The average Bonchev–Trinajstić information content (AvgIpc) is 2.53.